The number of hydrogen-bond acceptors (Lipinski definition) is 5. The Hall–Kier alpha value is -3.02. The lowest BCUT2D eigenvalue weighted by Crippen LogP contribution is -2.28. The number of hydrogen-bond donors (Lipinski definition) is 1. The van der Waals surface area contributed by atoms with Crippen LogP contribution in [0.3, 0.4) is 0 Å². The molecule has 0 saturated heterocycles. The molecule has 0 saturated carbocycles. The average molecular weight is 335 g/mol. The molecule has 0 aliphatic rings. The van der Waals surface area contributed by atoms with Crippen molar-refractivity contribution in [1.29, 1.82) is 0 Å². The Balaban J connectivity index is 2.58. The molecule has 1 N–H and O–H groups in total. The fourth-order valence-corrected chi connectivity index (χ4v) is 2.18. The van der Waals surface area contributed by atoms with Gasteiger partial charge in [-0.2, -0.15) is 0 Å². The second kappa shape index (κ2) is 8.73. The molecule has 0 spiro atoms. The van der Waals surface area contributed by atoms with Crippen LogP contribution < -0.4 is 15.2 Å². The van der Waals surface area contributed by atoms with Crippen LogP contribution in [0.15, 0.2) is 53.5 Å². The summed E-state index contributed by atoms with van der Waals surface area (Å²) < 4.78 is 10.3. The molecule has 0 aliphatic heterocycles. The van der Waals surface area contributed by atoms with E-state index in [-0.39, 0.29) is 12.1 Å². The summed E-state index contributed by atoms with van der Waals surface area (Å²) >= 11 is 0. The summed E-state index contributed by atoms with van der Waals surface area (Å²) in [5.74, 6) is 0.762. The fraction of sp³-hybridized carbons (Fsp3) is 0.158. The quantitative estimate of drug-likeness (QED) is 0.516. The van der Waals surface area contributed by atoms with Gasteiger partial charge in [0.15, 0.2) is 0 Å². The summed E-state index contributed by atoms with van der Waals surface area (Å²) in [6, 6.07) is 14.5. The Kier molecular flexibility index (Phi) is 6.40. The maximum absolute atomic E-state index is 11.3. The Morgan fingerprint density at radius 3 is 2.48 bits per heavy atom. The van der Waals surface area contributed by atoms with Gasteiger partial charge in [0.05, 0.1) is 20.7 Å². The second-order valence-corrected chi connectivity index (χ2v) is 5.14. The zero-order valence-electron chi connectivity index (χ0n) is 14.1. The first kappa shape index (κ1) is 18.3. The number of nitrogens with zero attached hydrogens (tertiary/aromatic N) is 1. The summed E-state index contributed by atoms with van der Waals surface area (Å²) in [7, 11) is 7.04. The lowest BCUT2D eigenvalue weighted by Gasteiger charge is -2.07. The van der Waals surface area contributed by atoms with Gasteiger partial charge in [0.2, 0.25) is 0 Å². The van der Waals surface area contributed by atoms with E-state index in [4.69, 9.17) is 12.6 Å². The van der Waals surface area contributed by atoms with E-state index in [1.807, 2.05) is 30.3 Å². The van der Waals surface area contributed by atoms with Gasteiger partial charge in [-0.25, -0.2) is 4.79 Å². The van der Waals surface area contributed by atoms with Crippen molar-refractivity contribution in [2.45, 2.75) is 13.2 Å². The number of aliphatic hydroxyl groups is 1. The third-order valence-electron chi connectivity index (χ3n) is 3.39. The SMILES string of the molecule is [B]C/C(N=CC(=O)OC)=c1\cc(Oc2ccccc2)cc\c1=C(\C)O. The molecule has 0 bridgehead atoms. The highest BCUT2D eigenvalue weighted by atomic mass is 16.5. The van der Waals surface area contributed by atoms with E-state index < -0.39 is 5.97 Å². The number of carbonyl (C=O) groups is 1. The molecule has 2 aromatic rings. The van der Waals surface area contributed by atoms with Crippen molar-refractivity contribution in [2.75, 3.05) is 7.11 Å². The topological polar surface area (TPSA) is 68.1 Å². The number of para-hydroxylation sites is 1. The molecule has 2 aromatic carbocycles. The number of esters is 1. The molecular formula is C19H18BNO4. The molecule has 0 atom stereocenters. The van der Waals surface area contributed by atoms with Crippen molar-refractivity contribution in [3.8, 4) is 11.5 Å². The molecule has 0 amide bonds. The number of aliphatic hydroxyl groups excluding tert-OH is 1. The number of ether oxygens (including phenoxy) is 2. The van der Waals surface area contributed by atoms with Gasteiger partial charge in [-0.05, 0) is 43.6 Å². The van der Waals surface area contributed by atoms with E-state index in [1.165, 1.54) is 7.11 Å². The zero-order valence-corrected chi connectivity index (χ0v) is 14.1. The van der Waals surface area contributed by atoms with Crippen LogP contribution in [0.2, 0.25) is 6.32 Å². The van der Waals surface area contributed by atoms with E-state index in [0.717, 1.165) is 6.21 Å². The first-order valence-electron chi connectivity index (χ1n) is 7.63. The van der Waals surface area contributed by atoms with Gasteiger partial charge in [0.1, 0.15) is 17.7 Å². The normalized spacial score (nSPS) is 13.4. The standard InChI is InChI=1S/C19H18BNO4/c1-13(22)16-9-8-15(25-14-6-4-3-5-7-14)10-17(16)18(11-20)21-12-19(23)24-2/h3-10,12,22H,11H2,1-2H3/b16-13+,18-17-,21-12?. The number of carbonyl (C=O) groups excluding carboxylic acids is 1. The minimum Gasteiger partial charge on any atom is -0.512 e. The van der Waals surface area contributed by atoms with Gasteiger partial charge in [-0.15, -0.1) is 0 Å². The van der Waals surface area contributed by atoms with Crippen LogP contribution in [0.5, 0.6) is 11.5 Å². The average Bonchev–Trinajstić information content (AvgIpc) is 2.62. The van der Waals surface area contributed by atoms with Gasteiger partial charge in [0, 0.05) is 16.1 Å². The molecule has 0 heterocycles. The van der Waals surface area contributed by atoms with E-state index in [2.05, 4.69) is 9.73 Å². The Morgan fingerprint density at radius 1 is 1.16 bits per heavy atom. The van der Waals surface area contributed by atoms with Crippen LogP contribution in [0.1, 0.15) is 6.92 Å². The highest BCUT2D eigenvalue weighted by Crippen LogP contribution is 2.18. The minimum atomic E-state index is -0.589. The predicted octanol–water partition coefficient (Wildman–Crippen LogP) is 2.10. The Morgan fingerprint density at radius 2 is 1.88 bits per heavy atom. The Labute approximate surface area is 147 Å². The van der Waals surface area contributed by atoms with Crippen LogP contribution in [0.4, 0.5) is 0 Å². The highest BCUT2D eigenvalue weighted by molar-refractivity contribution is 6.24. The zero-order chi connectivity index (χ0) is 18.2. The molecule has 2 rings (SSSR count). The van der Waals surface area contributed by atoms with Gasteiger partial charge in [0.25, 0.3) is 0 Å². The number of aliphatic imine (C=N–C) groups is 1. The van der Waals surface area contributed by atoms with Crippen molar-refractivity contribution in [2.24, 2.45) is 4.99 Å². The lowest BCUT2D eigenvalue weighted by atomic mass is 9.99. The summed E-state index contributed by atoms with van der Waals surface area (Å²) in [5, 5.41) is 11.1. The molecule has 126 valence electrons. The van der Waals surface area contributed by atoms with E-state index in [9.17, 15) is 9.90 Å². The summed E-state index contributed by atoms with van der Waals surface area (Å²) in [5.41, 5.74) is 0.423. The molecular weight excluding hydrogens is 317 g/mol. The summed E-state index contributed by atoms with van der Waals surface area (Å²) in [4.78, 5) is 15.4. The van der Waals surface area contributed by atoms with Crippen LogP contribution in [0, 0.1) is 0 Å². The van der Waals surface area contributed by atoms with Crippen LogP contribution in [-0.4, -0.2) is 32.2 Å². The molecule has 0 aliphatic carbocycles. The van der Waals surface area contributed by atoms with Crippen LogP contribution in [0.25, 0.3) is 11.5 Å². The monoisotopic (exact) mass is 335 g/mol. The van der Waals surface area contributed by atoms with Crippen molar-refractivity contribution < 1.29 is 19.4 Å². The predicted molar refractivity (Wildman–Crippen MR) is 98.4 cm³/mol. The maximum atomic E-state index is 11.3. The van der Waals surface area contributed by atoms with Gasteiger partial charge >= 0.3 is 5.97 Å². The largest absolute Gasteiger partial charge is 0.512 e. The third kappa shape index (κ3) is 4.98. The number of methoxy groups -OCH3 is 1. The van der Waals surface area contributed by atoms with Gasteiger partial charge in [-0.1, -0.05) is 18.2 Å². The molecule has 2 radical (unpaired) electrons. The highest BCUT2D eigenvalue weighted by Gasteiger charge is 2.03. The number of benzene rings is 2. The molecule has 0 unspecified atom stereocenters. The summed E-state index contributed by atoms with van der Waals surface area (Å²) in [6.45, 7) is 1.56. The minimum absolute atomic E-state index is 0.0720. The molecule has 5 nitrogen and oxygen atoms in total. The molecule has 25 heavy (non-hydrogen) atoms. The van der Waals surface area contributed by atoms with E-state index in [1.54, 1.807) is 25.1 Å². The van der Waals surface area contributed by atoms with E-state index >= 15 is 0 Å². The fourth-order valence-electron chi connectivity index (χ4n) is 2.18. The first-order chi connectivity index (χ1) is 12.0. The van der Waals surface area contributed by atoms with Crippen LogP contribution in [-0.2, 0) is 9.53 Å². The maximum Gasteiger partial charge on any atom is 0.349 e. The van der Waals surface area contributed by atoms with E-state index in [0.29, 0.717) is 27.6 Å². The van der Waals surface area contributed by atoms with Crippen molar-refractivity contribution in [3.05, 3.63) is 59.0 Å². The first-order valence-corrected chi connectivity index (χ1v) is 7.63. The second-order valence-electron chi connectivity index (χ2n) is 5.14. The molecule has 0 fully saturated rings. The Bertz CT molecular complexity index is 887. The van der Waals surface area contributed by atoms with Crippen molar-refractivity contribution in [3.63, 3.8) is 0 Å². The van der Waals surface area contributed by atoms with Crippen molar-refractivity contribution >= 4 is 31.5 Å². The molecule has 6 heteroatoms. The smallest absolute Gasteiger partial charge is 0.349 e. The van der Waals surface area contributed by atoms with Gasteiger partial charge in [-0.3, -0.25) is 4.99 Å². The summed E-state index contributed by atoms with van der Waals surface area (Å²) in [6.07, 6.45) is 1.12. The van der Waals surface area contributed by atoms with Crippen molar-refractivity contribution in [1.82, 2.24) is 0 Å². The molecule has 0 aromatic heterocycles. The van der Waals surface area contributed by atoms with Gasteiger partial charge < -0.3 is 14.6 Å². The lowest BCUT2D eigenvalue weighted by molar-refractivity contribution is -0.132. The number of rotatable bonds is 5. The third-order valence-corrected chi connectivity index (χ3v) is 3.39. The van der Waals surface area contributed by atoms with Crippen LogP contribution >= 0.6 is 0 Å².